The Hall–Kier alpha value is -1.39. The van der Waals surface area contributed by atoms with Crippen LogP contribution in [0.4, 0.5) is 0 Å². The number of hydrogen-bond donors (Lipinski definition) is 1. The third kappa shape index (κ3) is 5.11. The summed E-state index contributed by atoms with van der Waals surface area (Å²) in [5, 5.41) is 3.33. The highest BCUT2D eigenvalue weighted by atomic mass is 16.5. The number of carbonyl (C=O) groups excluding carboxylic acids is 1. The fraction of sp³-hybridized carbons (Fsp3) is 0.611. The molecule has 1 N–H and O–H groups in total. The maximum Gasteiger partial charge on any atom is 0.166 e. The second kappa shape index (κ2) is 8.30. The zero-order valence-electron chi connectivity index (χ0n) is 14.0. The van der Waals surface area contributed by atoms with Crippen molar-refractivity contribution in [3.05, 3.63) is 29.8 Å². The summed E-state index contributed by atoms with van der Waals surface area (Å²) >= 11 is 0. The Morgan fingerprint density at radius 1 is 1.18 bits per heavy atom. The number of nitrogens with zero attached hydrogens (tertiary/aromatic N) is 1. The molecule has 1 aliphatic rings. The SMILES string of the molecule is CC(C)COc1ccc(C(=O)C(C)CN2CCNCC2)cc1. The molecule has 2 rings (SSSR count). The van der Waals surface area contributed by atoms with E-state index in [1.54, 1.807) is 0 Å². The summed E-state index contributed by atoms with van der Waals surface area (Å²) in [4.78, 5) is 14.9. The Morgan fingerprint density at radius 3 is 2.41 bits per heavy atom. The molecule has 0 aromatic heterocycles. The molecule has 0 saturated carbocycles. The Bertz CT molecular complexity index is 464. The third-order valence-corrected chi connectivity index (χ3v) is 3.91. The normalized spacial score (nSPS) is 17.5. The first kappa shape index (κ1) is 17.0. The standard InChI is InChI=1S/C18H28N2O2/c1-14(2)13-22-17-6-4-16(5-7-17)18(21)15(3)12-20-10-8-19-9-11-20/h4-7,14-15,19H,8-13H2,1-3H3. The van der Waals surface area contributed by atoms with E-state index >= 15 is 0 Å². The van der Waals surface area contributed by atoms with E-state index in [4.69, 9.17) is 4.74 Å². The lowest BCUT2D eigenvalue weighted by molar-refractivity contribution is 0.0887. The number of nitrogens with one attached hydrogen (secondary N) is 1. The molecule has 0 aliphatic carbocycles. The fourth-order valence-corrected chi connectivity index (χ4v) is 2.63. The topological polar surface area (TPSA) is 41.6 Å². The van der Waals surface area contributed by atoms with Crippen LogP contribution in [-0.2, 0) is 0 Å². The Morgan fingerprint density at radius 2 is 1.82 bits per heavy atom. The second-order valence-electron chi connectivity index (χ2n) is 6.55. The van der Waals surface area contributed by atoms with Crippen LogP contribution in [0.1, 0.15) is 31.1 Å². The van der Waals surface area contributed by atoms with E-state index in [0.29, 0.717) is 12.5 Å². The lowest BCUT2D eigenvalue weighted by Crippen LogP contribution is -2.45. The largest absolute Gasteiger partial charge is 0.493 e. The van der Waals surface area contributed by atoms with Crippen LogP contribution in [0.15, 0.2) is 24.3 Å². The number of carbonyl (C=O) groups is 1. The molecule has 1 aromatic rings. The van der Waals surface area contributed by atoms with Gasteiger partial charge in [0.25, 0.3) is 0 Å². The number of ketones is 1. The second-order valence-corrected chi connectivity index (χ2v) is 6.55. The van der Waals surface area contributed by atoms with Crippen LogP contribution in [0, 0.1) is 11.8 Å². The zero-order valence-corrected chi connectivity index (χ0v) is 14.0. The van der Waals surface area contributed by atoms with Gasteiger partial charge in [0.15, 0.2) is 5.78 Å². The van der Waals surface area contributed by atoms with Crippen molar-refractivity contribution in [1.29, 1.82) is 0 Å². The Labute approximate surface area is 133 Å². The summed E-state index contributed by atoms with van der Waals surface area (Å²) in [6.45, 7) is 11.9. The number of piperazine rings is 1. The van der Waals surface area contributed by atoms with Crippen molar-refractivity contribution in [3.63, 3.8) is 0 Å². The number of Topliss-reactive ketones (excluding diaryl/α,β-unsaturated/α-hetero) is 1. The highest BCUT2D eigenvalue weighted by molar-refractivity contribution is 5.97. The molecule has 1 aromatic carbocycles. The molecule has 1 saturated heterocycles. The van der Waals surface area contributed by atoms with Gasteiger partial charge in [-0.15, -0.1) is 0 Å². The first-order valence-corrected chi connectivity index (χ1v) is 8.26. The molecule has 1 aliphatic heterocycles. The third-order valence-electron chi connectivity index (χ3n) is 3.91. The molecule has 0 bridgehead atoms. The molecule has 22 heavy (non-hydrogen) atoms. The van der Waals surface area contributed by atoms with Crippen molar-refractivity contribution in [2.75, 3.05) is 39.3 Å². The van der Waals surface area contributed by atoms with Crippen molar-refractivity contribution in [3.8, 4) is 5.75 Å². The van der Waals surface area contributed by atoms with Crippen LogP contribution in [0.5, 0.6) is 5.75 Å². The van der Waals surface area contributed by atoms with Crippen molar-refractivity contribution in [2.24, 2.45) is 11.8 Å². The highest BCUT2D eigenvalue weighted by Gasteiger charge is 2.19. The van der Waals surface area contributed by atoms with Crippen LogP contribution in [0.2, 0.25) is 0 Å². The smallest absolute Gasteiger partial charge is 0.166 e. The molecular weight excluding hydrogens is 276 g/mol. The summed E-state index contributed by atoms with van der Waals surface area (Å²) in [7, 11) is 0. The summed E-state index contributed by atoms with van der Waals surface area (Å²) < 4.78 is 5.66. The lowest BCUT2D eigenvalue weighted by atomic mass is 9.98. The van der Waals surface area contributed by atoms with Gasteiger partial charge in [0, 0.05) is 44.2 Å². The van der Waals surface area contributed by atoms with Gasteiger partial charge in [-0.2, -0.15) is 0 Å². The number of rotatable bonds is 7. The quantitative estimate of drug-likeness (QED) is 0.786. The van der Waals surface area contributed by atoms with Crippen molar-refractivity contribution in [1.82, 2.24) is 10.2 Å². The van der Waals surface area contributed by atoms with Gasteiger partial charge in [-0.25, -0.2) is 0 Å². The molecule has 4 nitrogen and oxygen atoms in total. The number of hydrogen-bond acceptors (Lipinski definition) is 4. The van der Waals surface area contributed by atoms with Crippen LogP contribution in [0.3, 0.4) is 0 Å². The summed E-state index contributed by atoms with van der Waals surface area (Å²) in [6, 6.07) is 7.55. The summed E-state index contributed by atoms with van der Waals surface area (Å²) in [5.41, 5.74) is 0.777. The van der Waals surface area contributed by atoms with Crippen LogP contribution < -0.4 is 10.1 Å². The lowest BCUT2D eigenvalue weighted by Gasteiger charge is -2.29. The molecule has 0 amide bonds. The molecule has 4 heteroatoms. The van der Waals surface area contributed by atoms with Gasteiger partial charge in [0.1, 0.15) is 5.75 Å². The van der Waals surface area contributed by atoms with Crippen LogP contribution in [0.25, 0.3) is 0 Å². The van der Waals surface area contributed by atoms with Crippen molar-refractivity contribution < 1.29 is 9.53 Å². The minimum Gasteiger partial charge on any atom is -0.493 e. The van der Waals surface area contributed by atoms with E-state index in [9.17, 15) is 4.79 Å². The average Bonchev–Trinajstić information content (AvgIpc) is 2.53. The van der Waals surface area contributed by atoms with Gasteiger partial charge in [0.2, 0.25) is 0 Å². The zero-order chi connectivity index (χ0) is 15.9. The molecule has 1 fully saturated rings. The van der Waals surface area contributed by atoms with E-state index in [0.717, 1.165) is 44.0 Å². The van der Waals surface area contributed by atoms with E-state index < -0.39 is 0 Å². The Balaban J connectivity index is 1.87. The highest BCUT2D eigenvalue weighted by Crippen LogP contribution is 2.16. The van der Waals surface area contributed by atoms with Crippen molar-refractivity contribution >= 4 is 5.78 Å². The first-order chi connectivity index (χ1) is 10.6. The minimum absolute atomic E-state index is 0.0283. The van der Waals surface area contributed by atoms with E-state index in [1.807, 2.05) is 31.2 Å². The predicted octanol–water partition coefficient (Wildman–Crippen LogP) is 2.45. The molecule has 1 atom stereocenters. The summed E-state index contributed by atoms with van der Waals surface area (Å²) in [6.07, 6.45) is 0. The molecule has 0 radical (unpaired) electrons. The van der Waals surface area contributed by atoms with Gasteiger partial charge < -0.3 is 15.0 Å². The summed E-state index contributed by atoms with van der Waals surface area (Å²) in [5.74, 6) is 1.58. The van der Waals surface area contributed by atoms with Gasteiger partial charge >= 0.3 is 0 Å². The monoisotopic (exact) mass is 304 g/mol. The minimum atomic E-state index is 0.0283. The van der Waals surface area contributed by atoms with Gasteiger partial charge in [-0.1, -0.05) is 20.8 Å². The molecular formula is C18H28N2O2. The molecule has 122 valence electrons. The van der Waals surface area contributed by atoms with E-state index in [1.165, 1.54) is 0 Å². The Kier molecular flexibility index (Phi) is 6.40. The molecule has 0 spiro atoms. The van der Waals surface area contributed by atoms with Gasteiger partial charge in [-0.05, 0) is 30.2 Å². The number of benzene rings is 1. The predicted molar refractivity (Wildman–Crippen MR) is 89.6 cm³/mol. The number of ether oxygens (including phenoxy) is 1. The molecule has 1 unspecified atom stereocenters. The average molecular weight is 304 g/mol. The van der Waals surface area contributed by atoms with E-state index in [-0.39, 0.29) is 11.7 Å². The first-order valence-electron chi connectivity index (χ1n) is 8.26. The van der Waals surface area contributed by atoms with Gasteiger partial charge in [0.05, 0.1) is 6.61 Å². The van der Waals surface area contributed by atoms with E-state index in [2.05, 4.69) is 24.1 Å². The van der Waals surface area contributed by atoms with Crippen LogP contribution in [-0.4, -0.2) is 50.0 Å². The maximum absolute atomic E-state index is 12.5. The van der Waals surface area contributed by atoms with Crippen molar-refractivity contribution in [2.45, 2.75) is 20.8 Å². The maximum atomic E-state index is 12.5. The molecule has 1 heterocycles. The van der Waals surface area contributed by atoms with Crippen LogP contribution >= 0.6 is 0 Å². The fourth-order valence-electron chi connectivity index (χ4n) is 2.63. The van der Waals surface area contributed by atoms with Gasteiger partial charge in [-0.3, -0.25) is 4.79 Å².